The van der Waals surface area contributed by atoms with Gasteiger partial charge in [-0.2, -0.15) is 0 Å². The van der Waals surface area contributed by atoms with Crippen LogP contribution in [0.1, 0.15) is 24.2 Å². The molecule has 0 bridgehead atoms. The Hall–Kier alpha value is -4.08. The van der Waals surface area contributed by atoms with Crippen molar-refractivity contribution in [2.24, 2.45) is 11.7 Å². The summed E-state index contributed by atoms with van der Waals surface area (Å²) in [6, 6.07) is 11.7. The van der Waals surface area contributed by atoms with Crippen molar-refractivity contribution in [3.05, 3.63) is 54.1 Å². The Bertz CT molecular complexity index is 974. The zero-order valence-corrected chi connectivity index (χ0v) is 17.9. The van der Waals surface area contributed by atoms with E-state index in [2.05, 4.69) is 5.32 Å². The summed E-state index contributed by atoms with van der Waals surface area (Å²) in [6.07, 6.45) is -1.19. The highest BCUT2D eigenvalue weighted by atomic mass is 16.5. The molecule has 0 aliphatic carbocycles. The first-order valence-electron chi connectivity index (χ1n) is 9.67. The Morgan fingerprint density at radius 2 is 1.69 bits per heavy atom. The lowest BCUT2D eigenvalue weighted by molar-refractivity contribution is -0.130. The molecule has 4 amide bonds. The van der Waals surface area contributed by atoms with Gasteiger partial charge in [0.25, 0.3) is 11.8 Å². The van der Waals surface area contributed by atoms with Gasteiger partial charge in [0.1, 0.15) is 11.5 Å². The van der Waals surface area contributed by atoms with Crippen LogP contribution in [0.5, 0.6) is 11.5 Å². The molecule has 1 atom stereocenters. The number of benzene rings is 2. The summed E-state index contributed by atoms with van der Waals surface area (Å²) in [5, 5.41) is 4.58. The highest BCUT2D eigenvalue weighted by Gasteiger charge is 2.27. The monoisotopic (exact) mass is 443 g/mol. The Balaban J connectivity index is 1.91. The fraction of sp³-hybridized carbons (Fsp3) is 0.273. The molecule has 2 aromatic carbocycles. The lowest BCUT2D eigenvalue weighted by atomic mass is 10.1. The minimum Gasteiger partial charge on any atom is -0.497 e. The first kappa shape index (κ1) is 24.2. The number of urea groups is 1. The lowest BCUT2D eigenvalue weighted by Gasteiger charge is -2.19. The van der Waals surface area contributed by atoms with Gasteiger partial charge < -0.3 is 25.3 Å². The van der Waals surface area contributed by atoms with E-state index in [-0.39, 0.29) is 24.0 Å². The SMILES string of the molecule is COc1cccc(NC(=O)COc2ccc(C(=O)O[C@H](C(=O)NC(N)=O)C(C)C)cc2)c1. The van der Waals surface area contributed by atoms with Crippen LogP contribution < -0.4 is 25.8 Å². The van der Waals surface area contributed by atoms with Gasteiger partial charge in [-0.3, -0.25) is 14.9 Å². The van der Waals surface area contributed by atoms with Crippen LogP contribution in [0.2, 0.25) is 0 Å². The van der Waals surface area contributed by atoms with Gasteiger partial charge in [0.15, 0.2) is 12.7 Å². The molecule has 0 unspecified atom stereocenters. The molecule has 0 radical (unpaired) electrons. The van der Waals surface area contributed by atoms with Crippen LogP contribution in [-0.4, -0.2) is 43.6 Å². The van der Waals surface area contributed by atoms with E-state index in [1.54, 1.807) is 38.1 Å². The summed E-state index contributed by atoms with van der Waals surface area (Å²) in [5.41, 5.74) is 5.66. The summed E-state index contributed by atoms with van der Waals surface area (Å²) in [7, 11) is 1.53. The van der Waals surface area contributed by atoms with Crippen LogP contribution >= 0.6 is 0 Å². The predicted molar refractivity (Wildman–Crippen MR) is 115 cm³/mol. The molecule has 10 nitrogen and oxygen atoms in total. The summed E-state index contributed by atoms with van der Waals surface area (Å²) >= 11 is 0. The van der Waals surface area contributed by atoms with E-state index in [4.69, 9.17) is 19.9 Å². The smallest absolute Gasteiger partial charge is 0.338 e. The van der Waals surface area contributed by atoms with Crippen LogP contribution in [0.4, 0.5) is 10.5 Å². The Kier molecular flexibility index (Phi) is 8.58. The molecule has 170 valence electrons. The van der Waals surface area contributed by atoms with E-state index >= 15 is 0 Å². The first-order valence-corrected chi connectivity index (χ1v) is 9.67. The molecule has 2 rings (SSSR count). The molecular formula is C22H25N3O7. The van der Waals surface area contributed by atoms with Crippen molar-refractivity contribution in [3.8, 4) is 11.5 Å². The van der Waals surface area contributed by atoms with Crippen molar-refractivity contribution in [3.63, 3.8) is 0 Å². The van der Waals surface area contributed by atoms with Crippen LogP contribution in [-0.2, 0) is 14.3 Å². The van der Waals surface area contributed by atoms with Crippen molar-refractivity contribution < 1.29 is 33.4 Å². The number of imide groups is 1. The van der Waals surface area contributed by atoms with Gasteiger partial charge in [0, 0.05) is 11.8 Å². The number of nitrogens with one attached hydrogen (secondary N) is 2. The third kappa shape index (κ3) is 7.31. The zero-order chi connectivity index (χ0) is 23.7. The second-order valence-corrected chi connectivity index (χ2v) is 7.02. The number of carbonyl (C=O) groups excluding carboxylic acids is 4. The van der Waals surface area contributed by atoms with Crippen LogP contribution in [0, 0.1) is 5.92 Å². The summed E-state index contributed by atoms with van der Waals surface area (Å²) in [6.45, 7) is 3.07. The largest absolute Gasteiger partial charge is 0.497 e. The second kappa shape index (κ2) is 11.3. The molecule has 0 heterocycles. The van der Waals surface area contributed by atoms with E-state index in [0.29, 0.717) is 17.2 Å². The van der Waals surface area contributed by atoms with E-state index in [1.165, 1.54) is 31.4 Å². The number of methoxy groups -OCH3 is 1. The summed E-state index contributed by atoms with van der Waals surface area (Å²) in [5.74, 6) is -1.35. The molecule has 0 aromatic heterocycles. The molecule has 10 heteroatoms. The summed E-state index contributed by atoms with van der Waals surface area (Å²) in [4.78, 5) is 47.3. The van der Waals surface area contributed by atoms with Crippen molar-refractivity contribution in [1.29, 1.82) is 0 Å². The highest BCUT2D eigenvalue weighted by molar-refractivity contribution is 5.98. The average molecular weight is 443 g/mol. The molecule has 0 saturated heterocycles. The number of carbonyl (C=O) groups is 4. The predicted octanol–water partition coefficient (Wildman–Crippen LogP) is 2.09. The first-order chi connectivity index (χ1) is 15.2. The number of primary amides is 1. The maximum absolute atomic E-state index is 12.3. The topological polar surface area (TPSA) is 146 Å². The molecule has 2 aromatic rings. The standard InChI is InChI=1S/C22H25N3O7/c1-13(2)19(20(27)25-22(23)29)32-21(28)14-7-9-16(10-8-14)31-12-18(26)24-15-5-4-6-17(11-15)30-3/h4-11,13,19H,12H2,1-3H3,(H,24,26)(H3,23,25,27,29)/t19-/m0/s1. The zero-order valence-electron chi connectivity index (χ0n) is 17.9. The fourth-order valence-corrected chi connectivity index (χ4v) is 2.60. The molecule has 32 heavy (non-hydrogen) atoms. The minimum absolute atomic E-state index is 0.163. The molecule has 0 aliphatic heterocycles. The Labute approximate surface area is 185 Å². The molecule has 0 fully saturated rings. The number of hydrogen-bond acceptors (Lipinski definition) is 7. The maximum atomic E-state index is 12.3. The van der Waals surface area contributed by atoms with Gasteiger partial charge >= 0.3 is 12.0 Å². The number of amides is 4. The van der Waals surface area contributed by atoms with Crippen molar-refractivity contribution in [1.82, 2.24) is 5.32 Å². The van der Waals surface area contributed by atoms with Gasteiger partial charge in [-0.25, -0.2) is 9.59 Å². The third-order valence-corrected chi connectivity index (χ3v) is 4.16. The molecule has 0 aliphatic rings. The fourth-order valence-electron chi connectivity index (χ4n) is 2.60. The van der Waals surface area contributed by atoms with Gasteiger partial charge in [0.05, 0.1) is 12.7 Å². The van der Waals surface area contributed by atoms with Crippen LogP contribution in [0.15, 0.2) is 48.5 Å². The average Bonchev–Trinajstić information content (AvgIpc) is 2.75. The van der Waals surface area contributed by atoms with E-state index < -0.39 is 24.0 Å². The van der Waals surface area contributed by atoms with Crippen LogP contribution in [0.3, 0.4) is 0 Å². The Morgan fingerprint density at radius 1 is 1.00 bits per heavy atom. The van der Waals surface area contributed by atoms with Crippen molar-refractivity contribution in [2.45, 2.75) is 20.0 Å². The van der Waals surface area contributed by atoms with Gasteiger partial charge in [0.2, 0.25) is 0 Å². The van der Waals surface area contributed by atoms with E-state index in [0.717, 1.165) is 0 Å². The molecule has 0 spiro atoms. The number of anilines is 1. The number of nitrogens with two attached hydrogens (primary N) is 1. The number of esters is 1. The molecule has 4 N–H and O–H groups in total. The summed E-state index contributed by atoms with van der Waals surface area (Å²) < 4.78 is 15.7. The number of ether oxygens (including phenoxy) is 3. The molecule has 0 saturated carbocycles. The quantitative estimate of drug-likeness (QED) is 0.503. The number of rotatable bonds is 9. The van der Waals surface area contributed by atoms with Gasteiger partial charge in [-0.1, -0.05) is 19.9 Å². The maximum Gasteiger partial charge on any atom is 0.338 e. The number of hydrogen-bond donors (Lipinski definition) is 3. The normalized spacial score (nSPS) is 11.2. The molecular weight excluding hydrogens is 418 g/mol. The third-order valence-electron chi connectivity index (χ3n) is 4.16. The highest BCUT2D eigenvalue weighted by Crippen LogP contribution is 2.18. The second-order valence-electron chi connectivity index (χ2n) is 7.02. The van der Waals surface area contributed by atoms with Crippen molar-refractivity contribution in [2.75, 3.05) is 19.0 Å². The Morgan fingerprint density at radius 3 is 2.28 bits per heavy atom. The van der Waals surface area contributed by atoms with E-state index in [9.17, 15) is 19.2 Å². The van der Waals surface area contributed by atoms with Gasteiger partial charge in [-0.05, 0) is 42.3 Å². The van der Waals surface area contributed by atoms with Crippen LogP contribution in [0.25, 0.3) is 0 Å². The van der Waals surface area contributed by atoms with E-state index in [1.807, 2.05) is 5.32 Å². The lowest BCUT2D eigenvalue weighted by Crippen LogP contribution is -2.45. The van der Waals surface area contributed by atoms with Crippen molar-refractivity contribution >= 4 is 29.5 Å². The minimum atomic E-state index is -1.19. The van der Waals surface area contributed by atoms with Gasteiger partial charge in [-0.15, -0.1) is 0 Å².